The van der Waals surface area contributed by atoms with Crippen LogP contribution in [-0.4, -0.2) is 42.9 Å². The molecule has 2 aromatic carbocycles. The molecule has 27 heavy (non-hydrogen) atoms. The Morgan fingerprint density at radius 3 is 2.52 bits per heavy atom. The maximum atomic E-state index is 11.7. The Bertz CT molecular complexity index is 1020. The van der Waals surface area contributed by atoms with E-state index in [0.717, 1.165) is 49.5 Å². The molecule has 0 radical (unpaired) electrons. The number of hydrogen-bond donors (Lipinski definition) is 1. The minimum Gasteiger partial charge on any atom is -0.457 e. The summed E-state index contributed by atoms with van der Waals surface area (Å²) in [7, 11) is -2.92. The van der Waals surface area contributed by atoms with E-state index in [-0.39, 0.29) is 5.25 Å². The first kappa shape index (κ1) is 18.1. The molecule has 4 rings (SSSR count). The summed E-state index contributed by atoms with van der Waals surface area (Å²) < 4.78 is 29.3. The molecule has 1 aliphatic heterocycles. The fourth-order valence-corrected chi connectivity index (χ4v) is 4.79. The monoisotopic (exact) mass is 384 g/mol. The van der Waals surface area contributed by atoms with E-state index in [4.69, 9.17) is 4.74 Å². The normalized spacial score (nSPS) is 16.6. The molecule has 2 heterocycles. The molecule has 1 aromatic heterocycles. The Balaban J connectivity index is 1.45. The number of rotatable bonds is 5. The first-order chi connectivity index (χ1) is 13.0. The number of sulfone groups is 1. The third-order valence-corrected chi connectivity index (χ3v) is 6.93. The number of hydrogen-bond acceptors (Lipinski definition) is 4. The van der Waals surface area contributed by atoms with Gasteiger partial charge in [0.15, 0.2) is 0 Å². The van der Waals surface area contributed by atoms with Crippen molar-refractivity contribution < 1.29 is 13.2 Å². The van der Waals surface area contributed by atoms with Crippen LogP contribution in [0.5, 0.6) is 11.5 Å². The highest BCUT2D eigenvalue weighted by molar-refractivity contribution is 7.91. The molecule has 1 N–H and O–H groups in total. The van der Waals surface area contributed by atoms with Crippen molar-refractivity contribution in [3.8, 4) is 11.5 Å². The van der Waals surface area contributed by atoms with E-state index in [1.54, 1.807) is 0 Å². The van der Waals surface area contributed by atoms with Crippen molar-refractivity contribution in [2.24, 2.45) is 0 Å². The molecule has 1 saturated heterocycles. The number of benzene rings is 2. The zero-order valence-electron chi connectivity index (χ0n) is 15.4. The third kappa shape index (κ3) is 4.17. The highest BCUT2D eigenvalue weighted by Crippen LogP contribution is 2.28. The lowest BCUT2D eigenvalue weighted by Crippen LogP contribution is -2.38. The summed E-state index contributed by atoms with van der Waals surface area (Å²) in [5, 5.41) is 0.995. The van der Waals surface area contributed by atoms with E-state index in [9.17, 15) is 8.42 Å². The van der Waals surface area contributed by atoms with Gasteiger partial charge < -0.3 is 9.72 Å². The number of fused-ring (bicyclic) bond motifs is 1. The van der Waals surface area contributed by atoms with E-state index in [0.29, 0.717) is 0 Å². The van der Waals surface area contributed by atoms with Crippen molar-refractivity contribution >= 4 is 20.7 Å². The fourth-order valence-electron chi connectivity index (χ4n) is 3.72. The Labute approximate surface area is 159 Å². The third-order valence-electron chi connectivity index (χ3n) is 5.25. The van der Waals surface area contributed by atoms with Crippen LogP contribution in [0.2, 0.25) is 0 Å². The van der Waals surface area contributed by atoms with Crippen molar-refractivity contribution in [3.05, 3.63) is 60.3 Å². The maximum Gasteiger partial charge on any atom is 0.150 e. The van der Waals surface area contributed by atoms with Gasteiger partial charge in [0.05, 0.1) is 5.25 Å². The standard InChI is InChI=1S/C21H24N2O3S/c1-27(24,25)19-9-11-23(12-10-19)15-16-14-22-21-13-18(7-8-20(16)21)26-17-5-3-2-4-6-17/h2-8,13-14,19,22H,9-12,15H2,1H3. The SMILES string of the molecule is CS(=O)(=O)C1CCN(Cc2c[nH]c3cc(Oc4ccccc4)ccc23)CC1. The maximum absolute atomic E-state index is 11.7. The molecule has 0 saturated carbocycles. The van der Waals surface area contributed by atoms with Crippen LogP contribution in [-0.2, 0) is 16.4 Å². The van der Waals surface area contributed by atoms with Crippen LogP contribution in [0.25, 0.3) is 10.9 Å². The summed E-state index contributed by atoms with van der Waals surface area (Å²) in [5.41, 5.74) is 2.28. The number of likely N-dealkylation sites (tertiary alicyclic amines) is 1. The Morgan fingerprint density at radius 1 is 1.07 bits per heavy atom. The van der Waals surface area contributed by atoms with Crippen molar-refractivity contribution in [1.29, 1.82) is 0 Å². The minimum atomic E-state index is -2.92. The number of nitrogens with zero attached hydrogens (tertiary/aromatic N) is 1. The van der Waals surface area contributed by atoms with Crippen molar-refractivity contribution in [2.45, 2.75) is 24.6 Å². The summed E-state index contributed by atoms with van der Waals surface area (Å²) in [4.78, 5) is 5.67. The van der Waals surface area contributed by atoms with Crippen molar-refractivity contribution in [3.63, 3.8) is 0 Å². The summed E-state index contributed by atoms with van der Waals surface area (Å²) >= 11 is 0. The van der Waals surface area contributed by atoms with Crippen LogP contribution >= 0.6 is 0 Å². The predicted octanol–water partition coefficient (Wildman–Crippen LogP) is 3.97. The quantitative estimate of drug-likeness (QED) is 0.723. The van der Waals surface area contributed by atoms with E-state index in [1.165, 1.54) is 17.2 Å². The van der Waals surface area contributed by atoms with Gasteiger partial charge >= 0.3 is 0 Å². The Kier molecular flexibility index (Phi) is 4.93. The molecular formula is C21H24N2O3S. The second-order valence-electron chi connectivity index (χ2n) is 7.24. The molecule has 0 atom stereocenters. The smallest absolute Gasteiger partial charge is 0.150 e. The van der Waals surface area contributed by atoms with Crippen LogP contribution in [0, 0.1) is 0 Å². The zero-order chi connectivity index (χ0) is 18.9. The molecule has 1 fully saturated rings. The van der Waals surface area contributed by atoms with E-state index < -0.39 is 9.84 Å². The van der Waals surface area contributed by atoms with Crippen LogP contribution in [0.4, 0.5) is 0 Å². The van der Waals surface area contributed by atoms with Crippen LogP contribution < -0.4 is 4.74 Å². The average molecular weight is 385 g/mol. The molecule has 142 valence electrons. The lowest BCUT2D eigenvalue weighted by molar-refractivity contribution is 0.223. The topological polar surface area (TPSA) is 62.4 Å². The van der Waals surface area contributed by atoms with Gasteiger partial charge in [-0.25, -0.2) is 8.42 Å². The number of aromatic amines is 1. The van der Waals surface area contributed by atoms with E-state index in [1.807, 2.05) is 48.7 Å². The van der Waals surface area contributed by atoms with Crippen LogP contribution in [0.1, 0.15) is 18.4 Å². The Morgan fingerprint density at radius 2 is 1.81 bits per heavy atom. The molecule has 3 aromatic rings. The zero-order valence-corrected chi connectivity index (χ0v) is 16.2. The summed E-state index contributed by atoms with van der Waals surface area (Å²) in [6.07, 6.45) is 4.83. The number of piperidine rings is 1. The molecule has 1 aliphatic rings. The summed E-state index contributed by atoms with van der Waals surface area (Å²) in [5.74, 6) is 1.62. The van der Waals surface area contributed by atoms with E-state index in [2.05, 4.69) is 16.0 Å². The fraction of sp³-hybridized carbons (Fsp3) is 0.333. The van der Waals surface area contributed by atoms with Gasteiger partial charge in [0.2, 0.25) is 0 Å². The largest absolute Gasteiger partial charge is 0.457 e. The molecule has 0 amide bonds. The summed E-state index contributed by atoms with van der Waals surface area (Å²) in [6.45, 7) is 2.47. The number of para-hydroxylation sites is 1. The number of nitrogens with one attached hydrogen (secondary N) is 1. The van der Waals surface area contributed by atoms with Gasteiger partial charge in [-0.1, -0.05) is 18.2 Å². The van der Waals surface area contributed by atoms with Gasteiger partial charge in [-0.3, -0.25) is 4.90 Å². The lowest BCUT2D eigenvalue weighted by atomic mass is 10.1. The predicted molar refractivity (Wildman–Crippen MR) is 108 cm³/mol. The molecule has 5 nitrogen and oxygen atoms in total. The van der Waals surface area contributed by atoms with Crippen molar-refractivity contribution in [2.75, 3.05) is 19.3 Å². The Hall–Kier alpha value is -2.31. The number of ether oxygens (including phenoxy) is 1. The van der Waals surface area contributed by atoms with Gasteiger partial charge in [0.1, 0.15) is 21.3 Å². The molecule has 0 aliphatic carbocycles. The molecule has 0 unspecified atom stereocenters. The lowest BCUT2D eigenvalue weighted by Gasteiger charge is -2.30. The van der Waals surface area contributed by atoms with Gasteiger partial charge in [-0.05, 0) is 55.8 Å². The highest BCUT2D eigenvalue weighted by atomic mass is 32.2. The van der Waals surface area contributed by atoms with Crippen molar-refractivity contribution in [1.82, 2.24) is 9.88 Å². The first-order valence-electron chi connectivity index (χ1n) is 9.23. The first-order valence-corrected chi connectivity index (χ1v) is 11.2. The molecule has 6 heteroatoms. The molecular weight excluding hydrogens is 360 g/mol. The van der Waals surface area contributed by atoms with Gasteiger partial charge in [0.25, 0.3) is 0 Å². The van der Waals surface area contributed by atoms with E-state index >= 15 is 0 Å². The second kappa shape index (κ2) is 7.37. The number of aromatic nitrogens is 1. The van der Waals surface area contributed by atoms with Gasteiger partial charge in [-0.2, -0.15) is 0 Å². The average Bonchev–Trinajstić information content (AvgIpc) is 3.04. The van der Waals surface area contributed by atoms with Crippen LogP contribution in [0.15, 0.2) is 54.7 Å². The summed E-state index contributed by atoms with van der Waals surface area (Å²) in [6, 6.07) is 15.8. The number of H-pyrrole nitrogens is 1. The molecule has 0 spiro atoms. The highest BCUT2D eigenvalue weighted by Gasteiger charge is 2.26. The molecule has 0 bridgehead atoms. The van der Waals surface area contributed by atoms with Gasteiger partial charge in [-0.15, -0.1) is 0 Å². The second-order valence-corrected chi connectivity index (χ2v) is 9.57. The minimum absolute atomic E-state index is 0.186. The van der Waals surface area contributed by atoms with Crippen LogP contribution in [0.3, 0.4) is 0 Å². The van der Waals surface area contributed by atoms with Gasteiger partial charge in [0, 0.05) is 36.0 Å².